The Balaban J connectivity index is 2.01. The Morgan fingerprint density at radius 2 is 1.86 bits per heavy atom. The molecule has 0 aromatic heterocycles. The summed E-state index contributed by atoms with van der Waals surface area (Å²) in [6.45, 7) is 8.99. The fourth-order valence-corrected chi connectivity index (χ4v) is 3.27. The SMILES string of the molecule is [3H]c1cccc2c1[C@H](C)[C@H](C)N2c1ccc([C@H](C)CC)cc1. The summed E-state index contributed by atoms with van der Waals surface area (Å²) in [7, 11) is 0. The van der Waals surface area contributed by atoms with Crippen LogP contribution in [-0.2, 0) is 0 Å². The lowest BCUT2D eigenvalue weighted by Gasteiger charge is -2.27. The van der Waals surface area contributed by atoms with Gasteiger partial charge in [0.1, 0.15) is 0 Å². The Morgan fingerprint density at radius 1 is 1.14 bits per heavy atom. The summed E-state index contributed by atoms with van der Waals surface area (Å²) in [6, 6.07) is 16.1. The maximum absolute atomic E-state index is 8.21. The second-order valence-corrected chi connectivity index (χ2v) is 6.27. The van der Waals surface area contributed by atoms with E-state index in [0.717, 1.165) is 0 Å². The summed E-state index contributed by atoms with van der Waals surface area (Å²) in [6.07, 6.45) is 1.17. The summed E-state index contributed by atoms with van der Waals surface area (Å²) in [5, 5.41) is 0. The molecule has 0 N–H and O–H groups in total. The van der Waals surface area contributed by atoms with E-state index in [1.165, 1.54) is 28.9 Å². The number of fused-ring (bicyclic) bond motifs is 1. The van der Waals surface area contributed by atoms with Crippen LogP contribution in [0.4, 0.5) is 11.4 Å². The Kier molecular flexibility index (Phi) is 3.42. The predicted molar refractivity (Wildman–Crippen MR) is 91.6 cm³/mol. The maximum atomic E-state index is 8.21. The standard InChI is InChI=1S/C20H25N/c1-5-14(2)17-10-12-18(13-11-17)21-16(4)15(3)19-8-6-7-9-20(19)21/h6-16H,5H2,1-4H3/t14-,15-,16+/m1/s1/i8T. The molecular formula is C20H25N. The molecule has 1 heteroatoms. The minimum atomic E-state index is 0.385. The highest BCUT2D eigenvalue weighted by atomic mass is 15.2. The third-order valence-electron chi connectivity index (χ3n) is 5.06. The first kappa shape index (κ1) is 12.9. The van der Waals surface area contributed by atoms with Gasteiger partial charge in [0, 0.05) is 23.3 Å². The van der Waals surface area contributed by atoms with E-state index in [1.54, 1.807) is 0 Å². The lowest BCUT2D eigenvalue weighted by Crippen LogP contribution is -2.25. The highest BCUT2D eigenvalue weighted by Crippen LogP contribution is 2.44. The smallest absolute Gasteiger partial charge is 0.0626 e. The first-order chi connectivity index (χ1) is 10.5. The molecule has 1 aliphatic heterocycles. The van der Waals surface area contributed by atoms with E-state index >= 15 is 0 Å². The molecule has 0 bridgehead atoms. The third kappa shape index (κ3) is 2.35. The summed E-state index contributed by atoms with van der Waals surface area (Å²) in [5.74, 6) is 0.994. The van der Waals surface area contributed by atoms with Crippen LogP contribution >= 0.6 is 0 Å². The second kappa shape index (κ2) is 5.55. The maximum Gasteiger partial charge on any atom is 0.0626 e. The third-order valence-corrected chi connectivity index (χ3v) is 5.06. The highest BCUT2D eigenvalue weighted by molar-refractivity contribution is 5.72. The topological polar surface area (TPSA) is 3.24 Å². The molecule has 2 aromatic rings. The van der Waals surface area contributed by atoms with E-state index in [0.29, 0.717) is 23.9 Å². The van der Waals surface area contributed by atoms with Gasteiger partial charge in [-0.15, -0.1) is 0 Å². The molecule has 0 saturated carbocycles. The van der Waals surface area contributed by atoms with Gasteiger partial charge in [-0.3, -0.25) is 0 Å². The minimum absolute atomic E-state index is 0.385. The molecule has 0 saturated heterocycles. The number of hydrogen-bond donors (Lipinski definition) is 0. The number of rotatable bonds is 3. The summed E-state index contributed by atoms with van der Waals surface area (Å²) >= 11 is 0. The molecule has 2 aromatic carbocycles. The van der Waals surface area contributed by atoms with Crippen molar-refractivity contribution in [2.45, 2.75) is 52.0 Å². The van der Waals surface area contributed by atoms with E-state index in [4.69, 9.17) is 1.37 Å². The van der Waals surface area contributed by atoms with Crippen LogP contribution in [0.5, 0.6) is 0 Å². The first-order valence-electron chi connectivity index (χ1n) is 8.53. The number of nitrogens with zero attached hydrogens (tertiary/aromatic N) is 1. The molecule has 3 rings (SSSR count). The Labute approximate surface area is 130 Å². The quantitative estimate of drug-likeness (QED) is 0.682. The number of hydrogen-bond acceptors (Lipinski definition) is 1. The van der Waals surface area contributed by atoms with Gasteiger partial charge in [-0.1, -0.05) is 51.1 Å². The van der Waals surface area contributed by atoms with Crippen molar-refractivity contribution in [3.05, 3.63) is 59.6 Å². The molecular weight excluding hydrogens is 254 g/mol. The van der Waals surface area contributed by atoms with E-state index in [-0.39, 0.29) is 0 Å². The van der Waals surface area contributed by atoms with Gasteiger partial charge in [-0.25, -0.2) is 0 Å². The van der Waals surface area contributed by atoms with Crippen LogP contribution in [0.3, 0.4) is 0 Å². The summed E-state index contributed by atoms with van der Waals surface area (Å²) in [4.78, 5) is 2.39. The zero-order chi connectivity index (χ0) is 15.9. The number of benzene rings is 2. The summed E-state index contributed by atoms with van der Waals surface area (Å²) < 4.78 is 8.21. The van der Waals surface area contributed by atoms with Gasteiger partial charge in [0.25, 0.3) is 0 Å². The Bertz CT molecular complexity index is 662. The minimum Gasteiger partial charge on any atom is -0.338 e. The van der Waals surface area contributed by atoms with Crippen molar-refractivity contribution in [3.8, 4) is 0 Å². The molecule has 110 valence electrons. The molecule has 21 heavy (non-hydrogen) atoms. The lowest BCUT2D eigenvalue weighted by atomic mass is 9.98. The molecule has 0 amide bonds. The van der Waals surface area contributed by atoms with Gasteiger partial charge in [0.05, 0.1) is 1.37 Å². The van der Waals surface area contributed by atoms with E-state index in [9.17, 15) is 0 Å². The molecule has 1 nitrogen and oxygen atoms in total. The Morgan fingerprint density at radius 3 is 2.52 bits per heavy atom. The predicted octanol–water partition coefficient (Wildman–Crippen LogP) is 5.84. The van der Waals surface area contributed by atoms with Crippen LogP contribution in [0.2, 0.25) is 0 Å². The molecule has 0 radical (unpaired) electrons. The van der Waals surface area contributed by atoms with Gasteiger partial charge < -0.3 is 4.90 Å². The van der Waals surface area contributed by atoms with Crippen LogP contribution in [0.1, 0.15) is 58.4 Å². The van der Waals surface area contributed by atoms with Crippen molar-refractivity contribution >= 4 is 11.4 Å². The number of para-hydroxylation sites is 1. The highest BCUT2D eigenvalue weighted by Gasteiger charge is 2.32. The second-order valence-electron chi connectivity index (χ2n) is 6.27. The van der Waals surface area contributed by atoms with Crippen LogP contribution < -0.4 is 4.90 Å². The summed E-state index contributed by atoms with van der Waals surface area (Å²) in [5.41, 5.74) is 5.01. The van der Waals surface area contributed by atoms with E-state index in [2.05, 4.69) is 62.9 Å². The van der Waals surface area contributed by atoms with Crippen LogP contribution in [-0.4, -0.2) is 6.04 Å². The molecule has 1 heterocycles. The Hall–Kier alpha value is -1.76. The van der Waals surface area contributed by atoms with Crippen molar-refractivity contribution in [3.63, 3.8) is 0 Å². The normalized spacial score (nSPS) is 22.9. The molecule has 0 unspecified atom stereocenters. The van der Waals surface area contributed by atoms with Crippen LogP contribution in [0.25, 0.3) is 0 Å². The molecule has 0 fully saturated rings. The zero-order valence-corrected chi connectivity index (χ0v) is 13.4. The van der Waals surface area contributed by atoms with Gasteiger partial charge in [0.15, 0.2) is 0 Å². The van der Waals surface area contributed by atoms with Crippen LogP contribution in [0, 0.1) is 0 Å². The van der Waals surface area contributed by atoms with Crippen LogP contribution in [0.15, 0.2) is 48.5 Å². The van der Waals surface area contributed by atoms with Crippen molar-refractivity contribution in [1.29, 1.82) is 0 Å². The fraction of sp³-hybridized carbons (Fsp3) is 0.400. The van der Waals surface area contributed by atoms with Gasteiger partial charge in [-0.2, -0.15) is 0 Å². The largest absolute Gasteiger partial charge is 0.338 e. The fourth-order valence-electron chi connectivity index (χ4n) is 3.27. The van der Waals surface area contributed by atoms with Gasteiger partial charge in [-0.05, 0) is 48.6 Å². The van der Waals surface area contributed by atoms with Crippen molar-refractivity contribution in [2.24, 2.45) is 0 Å². The molecule has 0 spiro atoms. The van der Waals surface area contributed by atoms with E-state index < -0.39 is 0 Å². The average molecular weight is 281 g/mol. The monoisotopic (exact) mass is 281 g/mol. The van der Waals surface area contributed by atoms with Crippen molar-refractivity contribution < 1.29 is 1.37 Å². The zero-order valence-electron chi connectivity index (χ0n) is 14.4. The molecule has 3 atom stereocenters. The van der Waals surface area contributed by atoms with Crippen molar-refractivity contribution in [2.75, 3.05) is 4.90 Å². The lowest BCUT2D eigenvalue weighted by molar-refractivity contribution is 0.642. The molecule has 1 aliphatic rings. The van der Waals surface area contributed by atoms with Gasteiger partial charge >= 0.3 is 0 Å². The first-order valence-corrected chi connectivity index (χ1v) is 8.03. The molecule has 0 aliphatic carbocycles. The average Bonchev–Trinajstić information content (AvgIpc) is 2.79. The van der Waals surface area contributed by atoms with Gasteiger partial charge in [0.2, 0.25) is 0 Å². The van der Waals surface area contributed by atoms with E-state index in [1.807, 2.05) is 12.1 Å². The number of anilines is 2. The van der Waals surface area contributed by atoms with Crippen molar-refractivity contribution in [1.82, 2.24) is 0 Å².